The second kappa shape index (κ2) is 8.87. The van der Waals surface area contributed by atoms with Crippen LogP contribution in [-0.4, -0.2) is 62.5 Å². The summed E-state index contributed by atoms with van der Waals surface area (Å²) in [6.07, 6.45) is 6.80. The number of thiophene rings is 1. The normalized spacial score (nSPS) is 18.2. The maximum Gasteiger partial charge on any atom is 0.341 e. The number of carbonyl (C=O) groups is 3. The number of nitrogens with one attached hydrogen (secondary N) is 1. The Hall–Kier alpha value is -2.99. The number of hydrogen-bond acceptors (Lipinski definition) is 9. The van der Waals surface area contributed by atoms with E-state index in [0.717, 1.165) is 29.7 Å². The number of anilines is 1. The monoisotopic (exact) mass is 479 g/mol. The van der Waals surface area contributed by atoms with Crippen LogP contribution < -0.4 is 5.32 Å². The number of rotatable bonds is 6. The Kier molecular flexibility index (Phi) is 6.15. The smallest absolute Gasteiger partial charge is 0.341 e. The lowest BCUT2D eigenvalue weighted by atomic mass is 10.1. The van der Waals surface area contributed by atoms with E-state index >= 15 is 0 Å². The first-order valence-electron chi connectivity index (χ1n) is 10.0. The third-order valence-corrected chi connectivity index (χ3v) is 7.42. The number of amides is 1. The average Bonchev–Trinajstić information content (AvgIpc) is 3.32. The first-order valence-corrected chi connectivity index (χ1v) is 12.5. The molecule has 0 fully saturated rings. The molecule has 170 valence electrons. The number of hydrogen-bond donors (Lipinski definition) is 1. The molecule has 0 spiro atoms. The second-order valence-corrected chi connectivity index (χ2v) is 10.1. The van der Waals surface area contributed by atoms with E-state index < -0.39 is 34.5 Å². The van der Waals surface area contributed by atoms with Crippen molar-refractivity contribution < 1.29 is 32.3 Å². The van der Waals surface area contributed by atoms with Gasteiger partial charge in [0.15, 0.2) is 6.61 Å². The van der Waals surface area contributed by atoms with E-state index in [0.29, 0.717) is 10.6 Å². The summed E-state index contributed by atoms with van der Waals surface area (Å²) in [7, 11) is -3.49. The van der Waals surface area contributed by atoms with E-state index in [4.69, 9.17) is 9.47 Å². The van der Waals surface area contributed by atoms with E-state index in [1.54, 1.807) is 6.92 Å². The summed E-state index contributed by atoms with van der Waals surface area (Å²) in [6, 6.07) is 0. The number of fused-ring (bicyclic) bond motifs is 2. The van der Waals surface area contributed by atoms with Crippen LogP contribution in [0.15, 0.2) is 28.3 Å². The Morgan fingerprint density at radius 3 is 2.78 bits per heavy atom. The van der Waals surface area contributed by atoms with Crippen molar-refractivity contribution in [2.45, 2.75) is 26.2 Å². The molecule has 1 aromatic heterocycles. The molecule has 1 aromatic rings. The summed E-state index contributed by atoms with van der Waals surface area (Å²) in [5.74, 6) is -1.71. The van der Waals surface area contributed by atoms with Crippen molar-refractivity contribution in [3.63, 3.8) is 0 Å². The van der Waals surface area contributed by atoms with Crippen molar-refractivity contribution in [2.75, 3.05) is 30.8 Å². The summed E-state index contributed by atoms with van der Waals surface area (Å²) in [4.78, 5) is 39.7. The fourth-order valence-corrected chi connectivity index (χ4v) is 5.87. The highest BCUT2D eigenvalue weighted by Gasteiger charge is 2.29. The largest absolute Gasteiger partial charge is 0.462 e. The van der Waals surface area contributed by atoms with Gasteiger partial charge in [-0.25, -0.2) is 18.0 Å². The Morgan fingerprint density at radius 1 is 1.19 bits per heavy atom. The van der Waals surface area contributed by atoms with Crippen LogP contribution in [0.5, 0.6) is 0 Å². The van der Waals surface area contributed by atoms with Gasteiger partial charge < -0.3 is 19.7 Å². The number of esters is 2. The highest BCUT2D eigenvalue weighted by atomic mass is 32.2. The number of carbonyl (C=O) groups excluding carboxylic acids is 3. The molecule has 0 bridgehead atoms. The van der Waals surface area contributed by atoms with E-state index in [1.165, 1.54) is 34.6 Å². The van der Waals surface area contributed by atoms with Gasteiger partial charge in [0.2, 0.25) is 0 Å². The van der Waals surface area contributed by atoms with Gasteiger partial charge in [-0.1, -0.05) is 0 Å². The number of aryl methyl sites for hydroxylation is 1. The molecule has 0 saturated heterocycles. The van der Waals surface area contributed by atoms with E-state index in [-0.39, 0.29) is 30.3 Å². The SMILES string of the molecule is CCOC(=O)c1c(NC(=O)COC(=O)C2=CN3CCS(=O)(=O)N=C3C=C2)sc2c1CCC2. The summed E-state index contributed by atoms with van der Waals surface area (Å²) in [6.45, 7) is 1.58. The number of amidine groups is 1. The number of nitrogens with zero attached hydrogens (tertiary/aromatic N) is 2. The van der Waals surface area contributed by atoms with Gasteiger partial charge in [-0.15, -0.1) is 15.7 Å². The summed E-state index contributed by atoms with van der Waals surface area (Å²) >= 11 is 1.34. The Balaban J connectivity index is 1.38. The van der Waals surface area contributed by atoms with Crippen molar-refractivity contribution in [3.05, 3.63) is 39.9 Å². The lowest BCUT2D eigenvalue weighted by Gasteiger charge is -2.26. The molecule has 3 heterocycles. The molecule has 4 rings (SSSR count). The fourth-order valence-electron chi connectivity index (χ4n) is 3.61. The van der Waals surface area contributed by atoms with Crippen molar-refractivity contribution in [1.29, 1.82) is 0 Å². The van der Waals surface area contributed by atoms with Gasteiger partial charge in [-0.3, -0.25) is 4.79 Å². The Morgan fingerprint density at radius 2 is 2.00 bits per heavy atom. The predicted octanol–water partition coefficient (Wildman–Crippen LogP) is 1.39. The van der Waals surface area contributed by atoms with Crippen LogP contribution in [-0.2, 0) is 41.9 Å². The summed E-state index contributed by atoms with van der Waals surface area (Å²) in [5, 5.41) is 3.06. The zero-order valence-corrected chi connectivity index (χ0v) is 18.9. The predicted molar refractivity (Wildman–Crippen MR) is 117 cm³/mol. The van der Waals surface area contributed by atoms with Crippen molar-refractivity contribution >= 4 is 50.0 Å². The lowest BCUT2D eigenvalue weighted by molar-refractivity contribution is -0.143. The van der Waals surface area contributed by atoms with Crippen molar-refractivity contribution in [2.24, 2.45) is 4.40 Å². The molecule has 0 atom stereocenters. The fraction of sp³-hybridized carbons (Fsp3) is 0.400. The third kappa shape index (κ3) is 4.60. The van der Waals surface area contributed by atoms with Crippen molar-refractivity contribution in [3.8, 4) is 0 Å². The van der Waals surface area contributed by atoms with E-state index in [1.807, 2.05) is 0 Å². The third-order valence-electron chi connectivity index (χ3n) is 5.05. The second-order valence-electron chi connectivity index (χ2n) is 7.25. The molecule has 0 unspecified atom stereocenters. The average molecular weight is 480 g/mol. The molecule has 1 amide bonds. The summed E-state index contributed by atoms with van der Waals surface area (Å²) < 4.78 is 37.0. The van der Waals surface area contributed by atoms with E-state index in [2.05, 4.69) is 9.71 Å². The standard InChI is InChI=1S/C20H21N3O7S2/c1-2-29-20(26)17-13-4-3-5-14(13)31-18(17)21-16(24)11-30-19(25)12-6-7-15-22-32(27,28)9-8-23(15)10-12/h6-7,10H,2-5,8-9,11H2,1H3,(H,21,24). The topological polar surface area (TPSA) is 131 Å². The molecular weight excluding hydrogens is 458 g/mol. The molecule has 2 aliphatic heterocycles. The molecule has 1 aliphatic carbocycles. The van der Waals surface area contributed by atoms with Crippen LogP contribution in [0.25, 0.3) is 0 Å². The minimum absolute atomic E-state index is 0.154. The quantitative estimate of drug-likeness (QED) is 0.606. The van der Waals surface area contributed by atoms with Crippen LogP contribution >= 0.6 is 11.3 Å². The molecule has 1 N–H and O–H groups in total. The molecule has 0 saturated carbocycles. The van der Waals surface area contributed by atoms with Crippen LogP contribution in [0.1, 0.15) is 34.1 Å². The minimum Gasteiger partial charge on any atom is -0.462 e. The molecule has 12 heteroatoms. The highest BCUT2D eigenvalue weighted by Crippen LogP contribution is 2.39. The summed E-state index contributed by atoms with van der Waals surface area (Å²) in [5.41, 5.74) is 1.46. The maximum atomic E-state index is 12.4. The van der Waals surface area contributed by atoms with Gasteiger partial charge in [-0.05, 0) is 43.9 Å². The zero-order valence-electron chi connectivity index (χ0n) is 17.3. The van der Waals surface area contributed by atoms with Gasteiger partial charge >= 0.3 is 11.9 Å². The first-order chi connectivity index (χ1) is 15.3. The Labute approximate surface area is 188 Å². The molecule has 0 radical (unpaired) electrons. The Bertz CT molecular complexity index is 1180. The van der Waals surface area contributed by atoms with Gasteiger partial charge in [-0.2, -0.15) is 0 Å². The van der Waals surface area contributed by atoms with Gasteiger partial charge in [0.25, 0.3) is 15.9 Å². The minimum atomic E-state index is -3.49. The van der Waals surface area contributed by atoms with Gasteiger partial charge in [0.05, 0.1) is 23.5 Å². The van der Waals surface area contributed by atoms with Crippen molar-refractivity contribution in [1.82, 2.24) is 4.90 Å². The molecule has 10 nitrogen and oxygen atoms in total. The number of ether oxygens (including phenoxy) is 2. The lowest BCUT2D eigenvalue weighted by Crippen LogP contribution is -2.37. The van der Waals surface area contributed by atoms with Crippen LogP contribution in [0.2, 0.25) is 0 Å². The van der Waals surface area contributed by atoms with Crippen LogP contribution in [0, 0.1) is 0 Å². The van der Waals surface area contributed by atoms with E-state index in [9.17, 15) is 22.8 Å². The molecule has 32 heavy (non-hydrogen) atoms. The number of sulfonamides is 1. The molecule has 0 aromatic carbocycles. The van der Waals surface area contributed by atoms with Crippen LogP contribution in [0.3, 0.4) is 0 Å². The zero-order chi connectivity index (χ0) is 22.9. The molecular formula is C20H21N3O7S2. The van der Waals surface area contributed by atoms with Gasteiger partial charge in [0.1, 0.15) is 10.8 Å². The van der Waals surface area contributed by atoms with Crippen LogP contribution in [0.4, 0.5) is 5.00 Å². The first kappa shape index (κ1) is 22.2. The maximum absolute atomic E-state index is 12.4. The molecule has 3 aliphatic rings. The van der Waals surface area contributed by atoms with Gasteiger partial charge in [0, 0.05) is 17.6 Å². The highest BCUT2D eigenvalue weighted by molar-refractivity contribution is 7.90.